The Balaban J connectivity index is 1.62. The van der Waals surface area contributed by atoms with Crippen LogP contribution in [0.3, 0.4) is 0 Å². The molecular weight excluding hydrogens is 312 g/mol. The number of imidazole rings is 1. The van der Waals surface area contributed by atoms with Crippen LogP contribution in [-0.4, -0.2) is 16.2 Å². The van der Waals surface area contributed by atoms with E-state index in [4.69, 9.17) is 9.47 Å². The Hall–Kier alpha value is -3.01. The average molecular weight is 332 g/mol. The van der Waals surface area contributed by atoms with Crippen molar-refractivity contribution in [1.82, 2.24) is 9.55 Å². The maximum atomic E-state index is 6.11. The predicted octanol–water partition coefficient (Wildman–Crippen LogP) is 4.10. The SMILES string of the molecule is Cn1ccnc1C=Cc1cc2c(cc1OCc1ccccc1)CCO2. The van der Waals surface area contributed by atoms with Crippen LogP contribution in [0, 0.1) is 0 Å². The van der Waals surface area contributed by atoms with E-state index in [1.54, 1.807) is 6.20 Å². The summed E-state index contributed by atoms with van der Waals surface area (Å²) in [5.74, 6) is 2.72. The molecule has 0 unspecified atom stereocenters. The van der Waals surface area contributed by atoms with Gasteiger partial charge in [0.1, 0.15) is 23.9 Å². The van der Waals surface area contributed by atoms with Crippen LogP contribution in [0.2, 0.25) is 0 Å². The highest BCUT2D eigenvalue weighted by Crippen LogP contribution is 2.34. The maximum Gasteiger partial charge on any atom is 0.132 e. The zero-order valence-electron chi connectivity index (χ0n) is 14.2. The van der Waals surface area contributed by atoms with Crippen molar-refractivity contribution in [2.24, 2.45) is 7.05 Å². The van der Waals surface area contributed by atoms with Gasteiger partial charge in [-0.25, -0.2) is 4.98 Å². The fourth-order valence-corrected chi connectivity index (χ4v) is 2.91. The standard InChI is InChI=1S/C21H20N2O2/c1-23-11-10-22-21(23)8-7-17-13-19-18(9-12-24-19)14-20(17)25-15-16-5-3-2-4-6-16/h2-8,10-11,13-14H,9,12,15H2,1H3. The zero-order valence-corrected chi connectivity index (χ0v) is 14.2. The van der Waals surface area contributed by atoms with Gasteiger partial charge in [0.15, 0.2) is 0 Å². The van der Waals surface area contributed by atoms with Gasteiger partial charge in [-0.3, -0.25) is 0 Å². The summed E-state index contributed by atoms with van der Waals surface area (Å²) in [6.45, 7) is 1.28. The van der Waals surface area contributed by atoms with Gasteiger partial charge in [0.2, 0.25) is 0 Å². The first-order valence-corrected chi connectivity index (χ1v) is 8.41. The van der Waals surface area contributed by atoms with Crippen LogP contribution in [0.15, 0.2) is 54.9 Å². The number of fused-ring (bicyclic) bond motifs is 1. The summed E-state index contributed by atoms with van der Waals surface area (Å²) in [4.78, 5) is 4.33. The van der Waals surface area contributed by atoms with Crippen molar-refractivity contribution in [2.45, 2.75) is 13.0 Å². The topological polar surface area (TPSA) is 36.3 Å². The monoisotopic (exact) mass is 332 g/mol. The molecule has 4 rings (SSSR count). The Morgan fingerprint density at radius 1 is 1.20 bits per heavy atom. The van der Waals surface area contributed by atoms with Gasteiger partial charge in [-0.15, -0.1) is 0 Å². The molecule has 25 heavy (non-hydrogen) atoms. The lowest BCUT2D eigenvalue weighted by Gasteiger charge is -2.11. The Kier molecular flexibility index (Phi) is 4.25. The highest BCUT2D eigenvalue weighted by Gasteiger charge is 2.16. The molecule has 126 valence electrons. The largest absolute Gasteiger partial charge is 0.493 e. The number of nitrogens with zero attached hydrogens (tertiary/aromatic N) is 2. The molecule has 2 aromatic carbocycles. The Labute approximate surface area is 147 Å². The number of hydrogen-bond donors (Lipinski definition) is 0. The van der Waals surface area contributed by atoms with E-state index in [9.17, 15) is 0 Å². The quantitative estimate of drug-likeness (QED) is 0.705. The number of rotatable bonds is 5. The van der Waals surface area contributed by atoms with E-state index in [-0.39, 0.29) is 0 Å². The van der Waals surface area contributed by atoms with Gasteiger partial charge in [-0.2, -0.15) is 0 Å². The van der Waals surface area contributed by atoms with Crippen LogP contribution in [-0.2, 0) is 20.1 Å². The smallest absolute Gasteiger partial charge is 0.132 e. The third kappa shape index (κ3) is 3.43. The van der Waals surface area contributed by atoms with Gasteiger partial charge >= 0.3 is 0 Å². The number of hydrogen-bond acceptors (Lipinski definition) is 3. The fraction of sp³-hybridized carbons (Fsp3) is 0.190. The summed E-state index contributed by atoms with van der Waals surface area (Å²) in [5, 5.41) is 0. The van der Waals surface area contributed by atoms with Crippen molar-refractivity contribution in [3.63, 3.8) is 0 Å². The maximum absolute atomic E-state index is 6.11. The minimum absolute atomic E-state index is 0.545. The molecule has 0 radical (unpaired) electrons. The third-order valence-electron chi connectivity index (χ3n) is 4.33. The molecule has 0 saturated heterocycles. The van der Waals surface area contributed by atoms with E-state index in [2.05, 4.69) is 29.2 Å². The molecule has 3 aromatic rings. The van der Waals surface area contributed by atoms with Crippen molar-refractivity contribution >= 4 is 12.2 Å². The third-order valence-corrected chi connectivity index (χ3v) is 4.33. The molecule has 0 spiro atoms. The molecule has 0 fully saturated rings. The minimum atomic E-state index is 0.545. The highest BCUT2D eigenvalue weighted by molar-refractivity contribution is 5.72. The number of benzene rings is 2. The Morgan fingerprint density at radius 2 is 2.08 bits per heavy atom. The summed E-state index contributed by atoms with van der Waals surface area (Å²) in [6, 6.07) is 14.4. The molecule has 0 saturated carbocycles. The fourth-order valence-electron chi connectivity index (χ4n) is 2.91. The molecule has 4 heteroatoms. The van der Waals surface area contributed by atoms with Gasteiger partial charge in [-0.1, -0.05) is 30.3 Å². The van der Waals surface area contributed by atoms with Crippen LogP contribution < -0.4 is 9.47 Å². The zero-order chi connectivity index (χ0) is 17.1. The molecule has 0 amide bonds. The van der Waals surface area contributed by atoms with Crippen molar-refractivity contribution in [1.29, 1.82) is 0 Å². The van der Waals surface area contributed by atoms with Crippen LogP contribution in [0.1, 0.15) is 22.5 Å². The summed E-state index contributed by atoms with van der Waals surface area (Å²) in [5.41, 5.74) is 3.36. The molecule has 0 bridgehead atoms. The molecule has 1 aromatic heterocycles. The lowest BCUT2D eigenvalue weighted by molar-refractivity contribution is 0.305. The van der Waals surface area contributed by atoms with Crippen molar-refractivity contribution in [3.05, 3.63) is 77.4 Å². The van der Waals surface area contributed by atoms with Gasteiger partial charge in [-0.05, 0) is 29.8 Å². The molecule has 4 nitrogen and oxygen atoms in total. The highest BCUT2D eigenvalue weighted by atomic mass is 16.5. The lowest BCUT2D eigenvalue weighted by Crippen LogP contribution is -1.98. The van der Waals surface area contributed by atoms with E-state index < -0.39 is 0 Å². The summed E-state index contributed by atoms with van der Waals surface area (Å²) in [6.07, 6.45) is 8.67. The van der Waals surface area contributed by atoms with Crippen molar-refractivity contribution < 1.29 is 9.47 Å². The lowest BCUT2D eigenvalue weighted by atomic mass is 10.1. The Morgan fingerprint density at radius 3 is 2.88 bits per heavy atom. The second-order valence-electron chi connectivity index (χ2n) is 6.10. The number of aryl methyl sites for hydroxylation is 1. The van der Waals surface area contributed by atoms with E-state index in [1.807, 2.05) is 48.2 Å². The van der Waals surface area contributed by atoms with Gasteiger partial charge in [0, 0.05) is 37.0 Å². The first-order chi connectivity index (χ1) is 12.3. The van der Waals surface area contributed by atoms with E-state index in [0.717, 1.165) is 41.5 Å². The summed E-state index contributed by atoms with van der Waals surface area (Å²) in [7, 11) is 1.98. The van der Waals surface area contributed by atoms with E-state index in [1.165, 1.54) is 5.56 Å². The molecular formula is C21H20N2O2. The van der Waals surface area contributed by atoms with Crippen LogP contribution in [0.25, 0.3) is 12.2 Å². The molecule has 1 aliphatic rings. The van der Waals surface area contributed by atoms with Gasteiger partial charge in [0.25, 0.3) is 0 Å². The average Bonchev–Trinajstić information content (AvgIpc) is 3.26. The Bertz CT molecular complexity index is 898. The second-order valence-corrected chi connectivity index (χ2v) is 6.10. The van der Waals surface area contributed by atoms with Crippen LogP contribution in [0.4, 0.5) is 0 Å². The molecule has 1 aliphatic heterocycles. The van der Waals surface area contributed by atoms with E-state index in [0.29, 0.717) is 6.61 Å². The number of ether oxygens (including phenoxy) is 2. The van der Waals surface area contributed by atoms with Gasteiger partial charge < -0.3 is 14.0 Å². The first-order valence-electron chi connectivity index (χ1n) is 8.41. The molecule has 0 aliphatic carbocycles. The predicted molar refractivity (Wildman–Crippen MR) is 98.6 cm³/mol. The number of aromatic nitrogens is 2. The van der Waals surface area contributed by atoms with Crippen molar-refractivity contribution in [3.8, 4) is 11.5 Å². The van der Waals surface area contributed by atoms with Crippen molar-refractivity contribution in [2.75, 3.05) is 6.61 Å². The normalized spacial score (nSPS) is 13.0. The van der Waals surface area contributed by atoms with Crippen LogP contribution >= 0.6 is 0 Å². The molecule has 0 atom stereocenters. The molecule has 0 N–H and O–H groups in total. The second kappa shape index (κ2) is 6.85. The first kappa shape index (κ1) is 15.5. The van der Waals surface area contributed by atoms with Crippen LogP contribution in [0.5, 0.6) is 11.5 Å². The summed E-state index contributed by atoms with van der Waals surface area (Å²) >= 11 is 0. The molecule has 2 heterocycles. The van der Waals surface area contributed by atoms with E-state index >= 15 is 0 Å². The summed E-state index contributed by atoms with van der Waals surface area (Å²) < 4.78 is 13.8. The minimum Gasteiger partial charge on any atom is -0.493 e. The van der Waals surface area contributed by atoms with Gasteiger partial charge in [0.05, 0.1) is 6.61 Å².